The van der Waals surface area contributed by atoms with E-state index in [1.165, 1.54) is 0 Å². The molecular formula is C12H19N7O. The van der Waals surface area contributed by atoms with Gasteiger partial charge in [-0.05, 0) is 20.8 Å². The van der Waals surface area contributed by atoms with Crippen LogP contribution in [0.25, 0.3) is 0 Å². The molecule has 0 unspecified atom stereocenters. The molecule has 0 radical (unpaired) electrons. The Kier molecular flexibility index (Phi) is 4.02. The van der Waals surface area contributed by atoms with E-state index in [1.807, 2.05) is 32.5 Å². The number of aromatic nitrogens is 5. The summed E-state index contributed by atoms with van der Waals surface area (Å²) in [5.41, 5.74) is 7.79. The van der Waals surface area contributed by atoms with Crippen molar-refractivity contribution >= 4 is 11.9 Å². The van der Waals surface area contributed by atoms with Gasteiger partial charge < -0.3 is 15.8 Å². The Morgan fingerprint density at radius 3 is 2.70 bits per heavy atom. The summed E-state index contributed by atoms with van der Waals surface area (Å²) in [5.74, 6) is 0.512. The number of aryl methyl sites for hydroxylation is 1. The fourth-order valence-corrected chi connectivity index (χ4v) is 1.61. The van der Waals surface area contributed by atoms with Gasteiger partial charge in [0.15, 0.2) is 0 Å². The van der Waals surface area contributed by atoms with Gasteiger partial charge >= 0.3 is 6.01 Å². The molecule has 2 heterocycles. The summed E-state index contributed by atoms with van der Waals surface area (Å²) in [6, 6.07) is 0.220. The molecule has 3 N–H and O–H groups in total. The zero-order valence-corrected chi connectivity index (χ0v) is 12.1. The van der Waals surface area contributed by atoms with Crippen molar-refractivity contribution in [3.8, 4) is 6.01 Å². The van der Waals surface area contributed by atoms with E-state index in [4.69, 9.17) is 10.5 Å². The van der Waals surface area contributed by atoms with Crippen LogP contribution in [0.15, 0.2) is 6.20 Å². The maximum atomic E-state index is 5.64. The minimum Gasteiger partial charge on any atom is -0.461 e. The molecule has 0 aliphatic carbocycles. The molecule has 0 spiro atoms. The van der Waals surface area contributed by atoms with Gasteiger partial charge in [0.2, 0.25) is 11.9 Å². The van der Waals surface area contributed by atoms with Gasteiger partial charge in [-0.25, -0.2) is 0 Å². The SMILES string of the molecule is Cc1c(CNc2nc(N)nc(OC(C)C)n2)cnn1C. The molecule has 0 aromatic carbocycles. The van der Waals surface area contributed by atoms with E-state index in [1.54, 1.807) is 6.20 Å². The van der Waals surface area contributed by atoms with Crippen molar-refractivity contribution in [2.24, 2.45) is 7.05 Å². The lowest BCUT2D eigenvalue weighted by Crippen LogP contribution is -2.13. The monoisotopic (exact) mass is 277 g/mol. The summed E-state index contributed by atoms with van der Waals surface area (Å²) < 4.78 is 7.23. The largest absolute Gasteiger partial charge is 0.461 e. The van der Waals surface area contributed by atoms with Gasteiger partial charge in [-0.2, -0.15) is 20.1 Å². The van der Waals surface area contributed by atoms with Gasteiger partial charge in [0.05, 0.1) is 12.3 Å². The minimum absolute atomic E-state index is 0.0229. The van der Waals surface area contributed by atoms with Crippen LogP contribution in [0.4, 0.5) is 11.9 Å². The van der Waals surface area contributed by atoms with E-state index in [9.17, 15) is 0 Å². The lowest BCUT2D eigenvalue weighted by atomic mass is 10.2. The highest BCUT2D eigenvalue weighted by molar-refractivity contribution is 5.34. The molecule has 2 aromatic rings. The molecule has 2 aromatic heterocycles. The first-order valence-corrected chi connectivity index (χ1v) is 6.35. The van der Waals surface area contributed by atoms with E-state index < -0.39 is 0 Å². The summed E-state index contributed by atoms with van der Waals surface area (Å²) in [6.45, 7) is 6.35. The van der Waals surface area contributed by atoms with E-state index in [0.717, 1.165) is 11.3 Å². The lowest BCUT2D eigenvalue weighted by Gasteiger charge is -2.10. The number of nitrogens with one attached hydrogen (secondary N) is 1. The molecule has 0 saturated carbocycles. The Hall–Kier alpha value is -2.38. The van der Waals surface area contributed by atoms with Crippen molar-refractivity contribution in [3.63, 3.8) is 0 Å². The van der Waals surface area contributed by atoms with Crippen LogP contribution in [0.3, 0.4) is 0 Å². The van der Waals surface area contributed by atoms with Crippen LogP contribution in [-0.2, 0) is 13.6 Å². The number of hydrogen-bond donors (Lipinski definition) is 2. The predicted octanol–water partition coefficient (Wildman–Crippen LogP) is 0.895. The predicted molar refractivity (Wildman–Crippen MR) is 75.3 cm³/mol. The molecule has 108 valence electrons. The molecule has 0 aliphatic heterocycles. The van der Waals surface area contributed by atoms with Crippen molar-refractivity contribution < 1.29 is 4.74 Å². The third-order valence-electron chi connectivity index (χ3n) is 2.75. The third kappa shape index (κ3) is 3.34. The summed E-state index contributed by atoms with van der Waals surface area (Å²) in [6.07, 6.45) is 1.78. The smallest absolute Gasteiger partial charge is 0.323 e. The summed E-state index contributed by atoms with van der Waals surface area (Å²) in [5, 5.41) is 7.27. The zero-order chi connectivity index (χ0) is 14.7. The summed E-state index contributed by atoms with van der Waals surface area (Å²) in [4.78, 5) is 12.1. The summed E-state index contributed by atoms with van der Waals surface area (Å²) in [7, 11) is 1.90. The van der Waals surface area contributed by atoms with Gasteiger partial charge in [0.1, 0.15) is 0 Å². The highest BCUT2D eigenvalue weighted by Gasteiger charge is 2.08. The molecule has 0 saturated heterocycles. The van der Waals surface area contributed by atoms with Crippen LogP contribution in [0.1, 0.15) is 25.1 Å². The van der Waals surface area contributed by atoms with E-state index in [-0.39, 0.29) is 18.1 Å². The molecule has 20 heavy (non-hydrogen) atoms. The first-order chi connectivity index (χ1) is 9.45. The van der Waals surface area contributed by atoms with Crippen LogP contribution < -0.4 is 15.8 Å². The number of hydrogen-bond acceptors (Lipinski definition) is 7. The maximum Gasteiger partial charge on any atom is 0.323 e. The molecule has 0 atom stereocenters. The molecule has 8 heteroatoms. The minimum atomic E-state index is -0.0229. The van der Waals surface area contributed by atoms with Gasteiger partial charge in [-0.1, -0.05) is 0 Å². The van der Waals surface area contributed by atoms with Crippen LogP contribution in [0, 0.1) is 6.92 Å². The lowest BCUT2D eigenvalue weighted by molar-refractivity contribution is 0.222. The molecule has 0 aliphatic rings. The van der Waals surface area contributed by atoms with Crippen LogP contribution in [0.2, 0.25) is 0 Å². The second-order valence-electron chi connectivity index (χ2n) is 4.70. The molecule has 0 bridgehead atoms. The number of rotatable bonds is 5. The van der Waals surface area contributed by atoms with E-state index >= 15 is 0 Å². The topological polar surface area (TPSA) is 104 Å². The van der Waals surface area contributed by atoms with Crippen LogP contribution >= 0.6 is 0 Å². The average Bonchev–Trinajstić information content (AvgIpc) is 2.66. The number of nitrogen functional groups attached to an aromatic ring is 1. The van der Waals surface area contributed by atoms with E-state index in [2.05, 4.69) is 25.4 Å². The fraction of sp³-hybridized carbons (Fsp3) is 0.500. The second kappa shape index (κ2) is 5.72. The van der Waals surface area contributed by atoms with E-state index in [0.29, 0.717) is 12.5 Å². The standard InChI is InChI=1S/C12H19N7O/c1-7(2)20-12-17-10(13)16-11(18-12)14-5-9-6-15-19(4)8(9)3/h6-7H,5H2,1-4H3,(H3,13,14,16,17,18). The number of anilines is 2. The highest BCUT2D eigenvalue weighted by Crippen LogP contribution is 2.12. The Bertz CT molecular complexity index is 593. The van der Waals surface area contributed by atoms with Gasteiger partial charge in [-0.15, -0.1) is 0 Å². The van der Waals surface area contributed by atoms with Gasteiger partial charge in [-0.3, -0.25) is 4.68 Å². The normalized spacial score (nSPS) is 10.8. The molecule has 0 fully saturated rings. The van der Waals surface area contributed by atoms with Crippen molar-refractivity contribution in [1.82, 2.24) is 24.7 Å². The second-order valence-corrected chi connectivity index (χ2v) is 4.70. The Labute approximate surface area is 117 Å². The Balaban J connectivity index is 2.09. The van der Waals surface area contributed by atoms with Crippen molar-refractivity contribution in [2.45, 2.75) is 33.4 Å². The average molecular weight is 277 g/mol. The number of ether oxygens (including phenoxy) is 1. The molecular weight excluding hydrogens is 258 g/mol. The number of nitrogens with two attached hydrogens (primary N) is 1. The Morgan fingerprint density at radius 2 is 2.10 bits per heavy atom. The molecule has 2 rings (SSSR count). The van der Waals surface area contributed by atoms with Gasteiger partial charge in [0, 0.05) is 24.8 Å². The first kappa shape index (κ1) is 14.0. The Morgan fingerprint density at radius 1 is 1.35 bits per heavy atom. The van der Waals surface area contributed by atoms with Crippen LogP contribution in [-0.4, -0.2) is 30.8 Å². The molecule has 0 amide bonds. The van der Waals surface area contributed by atoms with Gasteiger partial charge in [0.25, 0.3) is 0 Å². The maximum absolute atomic E-state index is 5.64. The van der Waals surface area contributed by atoms with Crippen molar-refractivity contribution in [1.29, 1.82) is 0 Å². The number of nitrogens with zero attached hydrogens (tertiary/aromatic N) is 5. The summed E-state index contributed by atoms with van der Waals surface area (Å²) >= 11 is 0. The van der Waals surface area contributed by atoms with Crippen LogP contribution in [0.5, 0.6) is 6.01 Å². The first-order valence-electron chi connectivity index (χ1n) is 6.35. The highest BCUT2D eigenvalue weighted by atomic mass is 16.5. The fourth-order valence-electron chi connectivity index (χ4n) is 1.61. The van der Waals surface area contributed by atoms with Crippen molar-refractivity contribution in [3.05, 3.63) is 17.5 Å². The van der Waals surface area contributed by atoms with Crippen molar-refractivity contribution in [2.75, 3.05) is 11.1 Å². The zero-order valence-electron chi connectivity index (χ0n) is 12.1. The quantitative estimate of drug-likeness (QED) is 0.836. The molecule has 8 nitrogen and oxygen atoms in total. The third-order valence-corrected chi connectivity index (χ3v) is 2.75.